The van der Waals surface area contributed by atoms with Crippen molar-refractivity contribution in [3.8, 4) is 0 Å². The summed E-state index contributed by atoms with van der Waals surface area (Å²) in [7, 11) is 0. The molecule has 114 valence electrons. The number of hydrogen-bond donors (Lipinski definition) is 1. The fourth-order valence-corrected chi connectivity index (χ4v) is 3.00. The van der Waals surface area contributed by atoms with Crippen LogP contribution < -0.4 is 10.3 Å². The van der Waals surface area contributed by atoms with Gasteiger partial charge in [-0.05, 0) is 35.0 Å². The molecule has 0 aliphatic carbocycles. The average Bonchev–Trinajstić information content (AvgIpc) is 3.02. The largest absolute Gasteiger partial charge is 0.461 e. The number of carbonyl (C=O) groups is 3. The smallest absolute Gasteiger partial charge is 0.355 e. The number of hydrazone groups is 1. The van der Waals surface area contributed by atoms with Gasteiger partial charge in [0.1, 0.15) is 12.0 Å². The van der Waals surface area contributed by atoms with Crippen molar-refractivity contribution >= 4 is 45.1 Å². The number of nitrogens with zero attached hydrogens (tertiary/aromatic N) is 2. The van der Waals surface area contributed by atoms with E-state index in [9.17, 15) is 14.4 Å². The summed E-state index contributed by atoms with van der Waals surface area (Å²) in [5, 5.41) is 3.80. The third-order valence-electron chi connectivity index (χ3n) is 3.50. The molecule has 2 aliphatic rings. The maximum Gasteiger partial charge on any atom is 0.355 e. The van der Waals surface area contributed by atoms with E-state index in [2.05, 4.69) is 26.5 Å². The molecule has 1 fully saturated rings. The van der Waals surface area contributed by atoms with Crippen molar-refractivity contribution in [2.75, 3.05) is 11.5 Å². The molecule has 0 saturated carbocycles. The molecule has 2 heterocycles. The van der Waals surface area contributed by atoms with Gasteiger partial charge in [-0.1, -0.05) is 12.1 Å². The van der Waals surface area contributed by atoms with Crippen molar-refractivity contribution < 1.29 is 19.1 Å². The lowest BCUT2D eigenvalue weighted by atomic mass is 9.99. The van der Waals surface area contributed by atoms with Crippen LogP contribution in [0.2, 0.25) is 0 Å². The van der Waals surface area contributed by atoms with Gasteiger partial charge in [-0.3, -0.25) is 15.0 Å². The van der Waals surface area contributed by atoms with Crippen LogP contribution in [0.3, 0.4) is 0 Å². The van der Waals surface area contributed by atoms with Crippen LogP contribution in [0.1, 0.15) is 6.92 Å². The topological polar surface area (TPSA) is 88.1 Å². The monoisotopic (exact) mass is 365 g/mol. The van der Waals surface area contributed by atoms with Crippen LogP contribution in [0.15, 0.2) is 33.8 Å². The molecule has 2 atom stereocenters. The van der Waals surface area contributed by atoms with E-state index in [-0.39, 0.29) is 12.3 Å². The van der Waals surface area contributed by atoms with Gasteiger partial charge in [0.25, 0.3) is 5.91 Å². The fourth-order valence-electron chi connectivity index (χ4n) is 2.53. The van der Waals surface area contributed by atoms with Crippen molar-refractivity contribution in [3.63, 3.8) is 0 Å². The molecule has 8 heteroatoms. The number of rotatable bonds is 3. The zero-order chi connectivity index (χ0) is 15.9. The molecular formula is C14H12BrN3O4. The van der Waals surface area contributed by atoms with Crippen LogP contribution in [-0.4, -0.2) is 36.1 Å². The number of esters is 1. The summed E-state index contributed by atoms with van der Waals surface area (Å²) in [6.45, 7) is 1.83. The molecule has 0 spiro atoms. The minimum absolute atomic E-state index is 0.0558. The number of para-hydroxylation sites is 1. The van der Waals surface area contributed by atoms with Crippen molar-refractivity contribution in [2.45, 2.75) is 13.0 Å². The Morgan fingerprint density at radius 3 is 2.77 bits per heavy atom. The van der Waals surface area contributed by atoms with Gasteiger partial charge >= 0.3 is 5.97 Å². The number of carbonyl (C=O) groups excluding carboxylic acids is 3. The zero-order valence-corrected chi connectivity index (χ0v) is 13.2. The van der Waals surface area contributed by atoms with Crippen LogP contribution in [0.4, 0.5) is 5.69 Å². The van der Waals surface area contributed by atoms with E-state index in [1.165, 1.54) is 0 Å². The summed E-state index contributed by atoms with van der Waals surface area (Å²) in [5.41, 5.74) is 2.95. The molecule has 2 unspecified atom stereocenters. The Labute approximate surface area is 134 Å². The van der Waals surface area contributed by atoms with Crippen LogP contribution in [0.25, 0.3) is 0 Å². The van der Waals surface area contributed by atoms with Gasteiger partial charge in [-0.2, -0.15) is 5.10 Å². The van der Waals surface area contributed by atoms with Crippen LogP contribution in [0.5, 0.6) is 0 Å². The Balaban J connectivity index is 1.95. The summed E-state index contributed by atoms with van der Waals surface area (Å²) >= 11 is 3.32. The number of fused-ring (bicyclic) bond motifs is 1. The van der Waals surface area contributed by atoms with E-state index in [1.807, 2.05) is 0 Å². The first-order valence-corrected chi connectivity index (χ1v) is 7.48. The van der Waals surface area contributed by atoms with Gasteiger partial charge in [0, 0.05) is 4.47 Å². The summed E-state index contributed by atoms with van der Waals surface area (Å²) in [6.07, 6.45) is 0. The number of nitrogens with one attached hydrogen (secondary N) is 1. The van der Waals surface area contributed by atoms with Gasteiger partial charge in [-0.15, -0.1) is 0 Å². The number of halogens is 1. The van der Waals surface area contributed by atoms with E-state index in [4.69, 9.17) is 4.74 Å². The summed E-state index contributed by atoms with van der Waals surface area (Å²) in [6, 6.07) is 6.03. The number of ether oxygens (including phenoxy) is 1. The Morgan fingerprint density at radius 1 is 1.36 bits per heavy atom. The number of hydrogen-bond acceptors (Lipinski definition) is 6. The highest BCUT2D eigenvalue weighted by Crippen LogP contribution is 2.34. The molecule has 0 radical (unpaired) electrons. The van der Waals surface area contributed by atoms with Crippen LogP contribution in [-0.2, 0) is 19.1 Å². The summed E-state index contributed by atoms with van der Waals surface area (Å²) in [4.78, 5) is 38.0. The van der Waals surface area contributed by atoms with Gasteiger partial charge in [0.05, 0.1) is 12.3 Å². The van der Waals surface area contributed by atoms with Gasteiger partial charge in [0.2, 0.25) is 5.91 Å². The molecule has 1 aromatic carbocycles. The number of anilines is 1. The predicted molar refractivity (Wildman–Crippen MR) is 81.1 cm³/mol. The van der Waals surface area contributed by atoms with E-state index in [1.54, 1.807) is 31.2 Å². The summed E-state index contributed by atoms with van der Waals surface area (Å²) in [5.74, 6) is -2.56. The molecule has 0 aromatic heterocycles. The standard InChI is InChI=1S/C14H12BrN3O4/c1-2-22-14(21)11-9-10(16-17-11)13(20)18(12(9)19)8-6-4-3-5-7(8)15/h3-6,9-10,16H,2H2,1H3. The minimum Gasteiger partial charge on any atom is -0.461 e. The van der Waals surface area contributed by atoms with E-state index < -0.39 is 29.7 Å². The van der Waals surface area contributed by atoms with Crippen LogP contribution >= 0.6 is 15.9 Å². The molecule has 3 rings (SSSR count). The van der Waals surface area contributed by atoms with Gasteiger partial charge in [0.15, 0.2) is 5.71 Å². The van der Waals surface area contributed by atoms with E-state index >= 15 is 0 Å². The molecule has 2 aliphatic heterocycles. The maximum absolute atomic E-state index is 12.6. The minimum atomic E-state index is -0.946. The Hall–Kier alpha value is -2.22. The van der Waals surface area contributed by atoms with Crippen molar-refractivity contribution in [2.24, 2.45) is 11.0 Å². The second-order valence-electron chi connectivity index (χ2n) is 4.77. The lowest BCUT2D eigenvalue weighted by molar-refractivity contribution is -0.136. The van der Waals surface area contributed by atoms with E-state index in [0.717, 1.165) is 4.90 Å². The number of amides is 2. The second-order valence-corrected chi connectivity index (χ2v) is 5.62. The lowest BCUT2D eigenvalue weighted by Crippen LogP contribution is -2.36. The number of imide groups is 1. The molecule has 0 bridgehead atoms. The van der Waals surface area contributed by atoms with Crippen molar-refractivity contribution in [3.05, 3.63) is 28.7 Å². The molecule has 2 amide bonds. The molecule has 1 N–H and O–H groups in total. The van der Waals surface area contributed by atoms with Crippen LogP contribution in [0, 0.1) is 5.92 Å². The normalized spacial score (nSPS) is 23.2. The SMILES string of the molecule is CCOC(=O)C1=NNC2C(=O)N(c3ccccc3Br)C(=O)C12. The first-order chi connectivity index (χ1) is 10.6. The molecule has 1 saturated heterocycles. The second kappa shape index (κ2) is 5.53. The molecule has 1 aromatic rings. The fraction of sp³-hybridized carbons (Fsp3) is 0.286. The average molecular weight is 366 g/mol. The van der Waals surface area contributed by atoms with Gasteiger partial charge < -0.3 is 4.74 Å². The first-order valence-electron chi connectivity index (χ1n) is 6.68. The third kappa shape index (κ3) is 2.10. The highest BCUT2D eigenvalue weighted by molar-refractivity contribution is 9.10. The predicted octanol–water partition coefficient (Wildman–Crippen LogP) is 0.829. The van der Waals surface area contributed by atoms with Crippen molar-refractivity contribution in [1.82, 2.24) is 5.43 Å². The van der Waals surface area contributed by atoms with Crippen molar-refractivity contribution in [1.29, 1.82) is 0 Å². The molecule has 7 nitrogen and oxygen atoms in total. The Bertz CT molecular complexity index is 703. The van der Waals surface area contributed by atoms with Gasteiger partial charge in [-0.25, -0.2) is 9.69 Å². The number of benzene rings is 1. The highest BCUT2D eigenvalue weighted by atomic mass is 79.9. The zero-order valence-electron chi connectivity index (χ0n) is 11.6. The Kier molecular flexibility index (Phi) is 3.69. The molecular weight excluding hydrogens is 354 g/mol. The Morgan fingerprint density at radius 2 is 2.09 bits per heavy atom. The first kappa shape index (κ1) is 14.7. The summed E-state index contributed by atoms with van der Waals surface area (Å²) < 4.78 is 5.50. The van der Waals surface area contributed by atoms with E-state index in [0.29, 0.717) is 10.2 Å². The maximum atomic E-state index is 12.6. The molecule has 22 heavy (non-hydrogen) atoms. The lowest BCUT2D eigenvalue weighted by Gasteiger charge is -2.17. The third-order valence-corrected chi connectivity index (χ3v) is 4.17. The highest BCUT2D eigenvalue weighted by Gasteiger charge is 2.56. The quantitative estimate of drug-likeness (QED) is 0.633.